The van der Waals surface area contributed by atoms with E-state index >= 15 is 0 Å². The summed E-state index contributed by atoms with van der Waals surface area (Å²) in [5.74, 6) is 0.118. The Morgan fingerprint density at radius 2 is 1.68 bits per heavy atom. The number of hydrogen-bond acceptors (Lipinski definition) is 5. The zero-order valence-electron chi connectivity index (χ0n) is 18.3. The summed E-state index contributed by atoms with van der Waals surface area (Å²) in [4.78, 5) is 28.9. The maximum absolute atomic E-state index is 12.5. The molecule has 4 rings (SSSR count). The number of esters is 1. The van der Waals surface area contributed by atoms with Crippen LogP contribution in [0.25, 0.3) is 28.8 Å². The number of benzene rings is 3. The summed E-state index contributed by atoms with van der Waals surface area (Å²) < 4.78 is 11.0. The van der Waals surface area contributed by atoms with E-state index in [4.69, 9.17) is 20.8 Å². The Balaban J connectivity index is 1.55. The summed E-state index contributed by atoms with van der Waals surface area (Å²) in [5, 5.41) is 3.37. The van der Waals surface area contributed by atoms with Gasteiger partial charge in [-0.1, -0.05) is 41.9 Å². The molecule has 6 nitrogen and oxygen atoms in total. The third-order valence-electron chi connectivity index (χ3n) is 4.84. The largest absolute Gasteiger partial charge is 0.462 e. The van der Waals surface area contributed by atoms with E-state index in [9.17, 15) is 9.59 Å². The van der Waals surface area contributed by atoms with Crippen LogP contribution in [0.15, 0.2) is 89.4 Å². The highest BCUT2D eigenvalue weighted by Gasteiger charge is 2.15. The number of nitrogens with one attached hydrogen (secondary N) is 1. The SMILES string of the molecule is CCOC(=O)c1ccc(NC(=O)C=Cc2oc(-c3ccccc3)nc2-c2ccc(Cl)cc2)cc1. The fourth-order valence-electron chi connectivity index (χ4n) is 3.20. The Bertz CT molecular complexity index is 1310. The molecule has 34 heavy (non-hydrogen) atoms. The molecule has 1 heterocycles. The van der Waals surface area contributed by atoms with E-state index in [-0.39, 0.29) is 5.91 Å². The number of amides is 1. The van der Waals surface area contributed by atoms with E-state index in [1.165, 1.54) is 6.08 Å². The molecule has 0 saturated heterocycles. The van der Waals surface area contributed by atoms with Crippen molar-refractivity contribution in [2.24, 2.45) is 0 Å². The van der Waals surface area contributed by atoms with Gasteiger partial charge in [0.15, 0.2) is 5.76 Å². The number of halogens is 1. The zero-order chi connectivity index (χ0) is 23.9. The predicted molar refractivity (Wildman–Crippen MR) is 132 cm³/mol. The molecule has 1 amide bonds. The van der Waals surface area contributed by atoms with Crippen LogP contribution in [0, 0.1) is 0 Å². The van der Waals surface area contributed by atoms with Gasteiger partial charge in [0.05, 0.1) is 12.2 Å². The summed E-state index contributed by atoms with van der Waals surface area (Å²) in [5.41, 5.74) is 3.19. The smallest absolute Gasteiger partial charge is 0.338 e. The molecule has 1 N–H and O–H groups in total. The van der Waals surface area contributed by atoms with Crippen molar-refractivity contribution in [3.05, 3.63) is 101 Å². The van der Waals surface area contributed by atoms with E-state index in [0.29, 0.717) is 40.2 Å². The van der Waals surface area contributed by atoms with E-state index < -0.39 is 5.97 Å². The zero-order valence-corrected chi connectivity index (χ0v) is 19.1. The first kappa shape index (κ1) is 23.0. The van der Waals surface area contributed by atoms with Crippen LogP contribution in [0.1, 0.15) is 23.0 Å². The number of nitrogens with zero attached hydrogens (tertiary/aromatic N) is 1. The van der Waals surface area contributed by atoms with E-state index in [1.54, 1.807) is 49.4 Å². The standard InChI is InChI=1S/C27H21ClN2O4/c1-2-33-27(32)20-10-14-22(15-11-20)29-24(31)17-16-23-25(18-8-12-21(28)13-9-18)30-26(34-23)19-6-4-3-5-7-19/h3-17H,2H2,1H3,(H,29,31). The molecule has 0 spiro atoms. The second-order valence-corrected chi connectivity index (χ2v) is 7.66. The minimum Gasteiger partial charge on any atom is -0.462 e. The summed E-state index contributed by atoms with van der Waals surface area (Å²) in [6.07, 6.45) is 2.94. The van der Waals surface area contributed by atoms with Gasteiger partial charge >= 0.3 is 5.97 Å². The van der Waals surface area contributed by atoms with Gasteiger partial charge in [0.2, 0.25) is 11.8 Å². The Morgan fingerprint density at radius 1 is 0.971 bits per heavy atom. The maximum atomic E-state index is 12.5. The van der Waals surface area contributed by atoms with Crippen LogP contribution < -0.4 is 5.32 Å². The lowest BCUT2D eigenvalue weighted by atomic mass is 10.1. The fourth-order valence-corrected chi connectivity index (χ4v) is 3.33. The lowest BCUT2D eigenvalue weighted by Gasteiger charge is -2.04. The lowest BCUT2D eigenvalue weighted by molar-refractivity contribution is -0.111. The van der Waals surface area contributed by atoms with Crippen LogP contribution >= 0.6 is 11.6 Å². The lowest BCUT2D eigenvalue weighted by Crippen LogP contribution is -2.08. The third-order valence-corrected chi connectivity index (χ3v) is 5.09. The van der Waals surface area contributed by atoms with Crippen LogP contribution in [-0.4, -0.2) is 23.5 Å². The van der Waals surface area contributed by atoms with Gasteiger partial charge in [0.25, 0.3) is 0 Å². The molecule has 0 aliphatic rings. The summed E-state index contributed by atoms with van der Waals surface area (Å²) in [6.45, 7) is 2.04. The monoisotopic (exact) mass is 472 g/mol. The second-order valence-electron chi connectivity index (χ2n) is 7.23. The molecule has 0 radical (unpaired) electrons. The van der Waals surface area contributed by atoms with Crippen LogP contribution in [0.2, 0.25) is 5.02 Å². The second kappa shape index (κ2) is 10.6. The molecular weight excluding hydrogens is 452 g/mol. The molecule has 0 fully saturated rings. The first-order chi connectivity index (χ1) is 16.5. The van der Waals surface area contributed by atoms with E-state index in [1.807, 2.05) is 42.5 Å². The molecule has 0 unspecified atom stereocenters. The van der Waals surface area contributed by atoms with E-state index in [2.05, 4.69) is 10.3 Å². The highest BCUT2D eigenvalue weighted by molar-refractivity contribution is 6.30. The molecule has 1 aromatic heterocycles. The molecule has 0 aliphatic heterocycles. The van der Waals surface area contributed by atoms with Crippen molar-refractivity contribution >= 4 is 35.2 Å². The average Bonchev–Trinajstić information content (AvgIpc) is 3.29. The van der Waals surface area contributed by atoms with Crippen LogP contribution in [0.5, 0.6) is 0 Å². The van der Waals surface area contributed by atoms with Gasteiger partial charge in [-0.25, -0.2) is 9.78 Å². The van der Waals surface area contributed by atoms with Crippen molar-refractivity contribution in [2.45, 2.75) is 6.92 Å². The molecule has 4 aromatic rings. The van der Waals surface area contributed by atoms with E-state index in [0.717, 1.165) is 11.1 Å². The average molecular weight is 473 g/mol. The minimum absolute atomic E-state index is 0.299. The van der Waals surface area contributed by atoms with Crippen molar-refractivity contribution in [2.75, 3.05) is 11.9 Å². The maximum Gasteiger partial charge on any atom is 0.338 e. The van der Waals surface area contributed by atoms with Gasteiger partial charge in [-0.3, -0.25) is 4.79 Å². The van der Waals surface area contributed by atoms with Crippen LogP contribution in [0.3, 0.4) is 0 Å². The summed E-state index contributed by atoms with van der Waals surface area (Å²) in [7, 11) is 0. The quantitative estimate of drug-likeness (QED) is 0.245. The van der Waals surface area contributed by atoms with Gasteiger partial charge in [-0.2, -0.15) is 0 Å². The highest BCUT2D eigenvalue weighted by Crippen LogP contribution is 2.30. The molecule has 0 aliphatic carbocycles. The van der Waals surface area contributed by atoms with Crippen molar-refractivity contribution < 1.29 is 18.7 Å². The van der Waals surface area contributed by atoms with Gasteiger partial charge in [-0.15, -0.1) is 0 Å². The number of rotatable bonds is 7. The Morgan fingerprint density at radius 3 is 2.35 bits per heavy atom. The molecule has 3 aromatic carbocycles. The first-order valence-corrected chi connectivity index (χ1v) is 11.0. The molecule has 0 bridgehead atoms. The number of anilines is 1. The van der Waals surface area contributed by atoms with Crippen molar-refractivity contribution in [1.82, 2.24) is 4.98 Å². The Hall–Kier alpha value is -4.16. The molecular formula is C27H21ClN2O4. The predicted octanol–water partition coefficient (Wildman–Crippen LogP) is 6.49. The minimum atomic E-state index is -0.408. The number of aromatic nitrogens is 1. The number of carbonyl (C=O) groups excluding carboxylic acids is 2. The number of oxazole rings is 1. The third kappa shape index (κ3) is 5.60. The van der Waals surface area contributed by atoms with Crippen molar-refractivity contribution in [3.63, 3.8) is 0 Å². The molecule has 0 saturated carbocycles. The summed E-state index contributed by atoms with van der Waals surface area (Å²) >= 11 is 6.03. The van der Waals surface area contributed by atoms with Gasteiger partial charge in [0, 0.05) is 27.9 Å². The normalized spacial score (nSPS) is 10.9. The molecule has 170 valence electrons. The topological polar surface area (TPSA) is 81.4 Å². The van der Waals surface area contributed by atoms with Crippen molar-refractivity contribution in [1.29, 1.82) is 0 Å². The number of ether oxygens (including phenoxy) is 1. The number of carbonyl (C=O) groups is 2. The fraction of sp³-hybridized carbons (Fsp3) is 0.0741. The van der Waals surface area contributed by atoms with Gasteiger partial charge in [-0.05, 0) is 61.5 Å². The first-order valence-electron chi connectivity index (χ1n) is 10.6. The van der Waals surface area contributed by atoms with Gasteiger partial charge in [0.1, 0.15) is 5.69 Å². The number of hydrogen-bond donors (Lipinski definition) is 1. The summed E-state index contributed by atoms with van der Waals surface area (Å²) in [6, 6.07) is 23.2. The highest BCUT2D eigenvalue weighted by atomic mass is 35.5. The van der Waals surface area contributed by atoms with Crippen molar-refractivity contribution in [3.8, 4) is 22.7 Å². The molecule has 0 atom stereocenters. The molecule has 7 heteroatoms. The van der Waals surface area contributed by atoms with Crippen LogP contribution in [0.4, 0.5) is 5.69 Å². The van der Waals surface area contributed by atoms with Crippen LogP contribution in [-0.2, 0) is 9.53 Å². The Labute approximate surface area is 201 Å². The Kier molecular flexibility index (Phi) is 7.20. The van der Waals surface area contributed by atoms with Gasteiger partial charge < -0.3 is 14.5 Å².